The summed E-state index contributed by atoms with van der Waals surface area (Å²) in [6, 6.07) is 0. The number of nitrogens with zero attached hydrogens (tertiary/aromatic N) is 2. The van der Waals surface area contributed by atoms with Crippen molar-refractivity contribution in [3.05, 3.63) is 0 Å². The summed E-state index contributed by atoms with van der Waals surface area (Å²) in [5.74, 6) is 0.234. The number of likely N-dealkylation sites (N-methyl/N-ethyl adjacent to an activating group) is 1. The minimum atomic E-state index is -0.279. The van der Waals surface area contributed by atoms with Crippen LogP contribution in [0.5, 0.6) is 0 Å². The Kier molecular flexibility index (Phi) is 8.03. The van der Waals surface area contributed by atoms with Crippen LogP contribution in [-0.4, -0.2) is 56.8 Å². The maximum absolute atomic E-state index is 11.8. The van der Waals surface area contributed by atoms with E-state index in [2.05, 4.69) is 9.89 Å². The molecule has 0 spiro atoms. The predicted octanol–water partition coefficient (Wildman–Crippen LogP) is 2.03. The normalized spacial score (nSPS) is 13.2. The first-order valence-electron chi connectivity index (χ1n) is 6.49. The lowest BCUT2D eigenvalue weighted by Crippen LogP contribution is -2.22. The van der Waals surface area contributed by atoms with Gasteiger partial charge < -0.3 is 9.64 Å². The third-order valence-corrected chi connectivity index (χ3v) is 2.55. The maximum atomic E-state index is 11.8. The maximum Gasteiger partial charge on any atom is 0.143 e. The Bertz CT molecular complexity index is 278. The van der Waals surface area contributed by atoms with Crippen LogP contribution in [0.15, 0.2) is 4.99 Å². The van der Waals surface area contributed by atoms with Crippen molar-refractivity contribution < 1.29 is 9.53 Å². The number of carbonyl (C=O) groups is 1. The lowest BCUT2D eigenvalue weighted by atomic mass is 9.88. The summed E-state index contributed by atoms with van der Waals surface area (Å²) < 4.78 is 5.43. The van der Waals surface area contributed by atoms with E-state index in [1.165, 1.54) is 0 Å². The van der Waals surface area contributed by atoms with Gasteiger partial charge in [-0.25, -0.2) is 0 Å². The summed E-state index contributed by atoms with van der Waals surface area (Å²) in [7, 11) is 4.04. The van der Waals surface area contributed by atoms with Crippen LogP contribution in [0.3, 0.4) is 0 Å². The number of ketones is 1. The average Bonchev–Trinajstić information content (AvgIpc) is 2.21. The van der Waals surface area contributed by atoms with Crippen LogP contribution in [-0.2, 0) is 9.53 Å². The molecular weight excluding hydrogens is 228 g/mol. The first kappa shape index (κ1) is 17.3. The number of Topliss-reactive ketones (excluding diaryl/α,β-unsaturated/α-hetero) is 1. The van der Waals surface area contributed by atoms with Crippen molar-refractivity contribution in [3.63, 3.8) is 0 Å². The highest BCUT2D eigenvalue weighted by molar-refractivity contribution is 6.02. The monoisotopic (exact) mass is 256 g/mol. The molecule has 106 valence electrons. The molecule has 0 bridgehead atoms. The van der Waals surface area contributed by atoms with Crippen LogP contribution in [0, 0.1) is 5.41 Å². The van der Waals surface area contributed by atoms with Gasteiger partial charge >= 0.3 is 0 Å². The number of aliphatic imine (C=N–C) groups is 1. The Morgan fingerprint density at radius 2 is 1.83 bits per heavy atom. The second-order valence-corrected chi connectivity index (χ2v) is 5.88. The number of carbonyl (C=O) groups excluding carboxylic acids is 1. The molecule has 0 amide bonds. The first-order chi connectivity index (χ1) is 8.23. The van der Waals surface area contributed by atoms with Crippen molar-refractivity contribution >= 4 is 11.5 Å². The Hall–Kier alpha value is -0.740. The SMILES string of the molecule is CC(CC(=O)C(C)(C)C)=NCCOCCN(C)C. The highest BCUT2D eigenvalue weighted by Crippen LogP contribution is 2.16. The molecule has 0 fully saturated rings. The van der Waals surface area contributed by atoms with Crippen LogP contribution >= 0.6 is 0 Å². The first-order valence-corrected chi connectivity index (χ1v) is 6.49. The van der Waals surface area contributed by atoms with Gasteiger partial charge in [0, 0.05) is 24.1 Å². The fourth-order valence-electron chi connectivity index (χ4n) is 1.20. The largest absolute Gasteiger partial charge is 0.378 e. The van der Waals surface area contributed by atoms with E-state index >= 15 is 0 Å². The molecule has 0 heterocycles. The highest BCUT2D eigenvalue weighted by atomic mass is 16.5. The molecule has 0 aromatic rings. The zero-order chi connectivity index (χ0) is 14.2. The fraction of sp³-hybridized carbons (Fsp3) is 0.857. The van der Waals surface area contributed by atoms with E-state index in [4.69, 9.17) is 4.74 Å². The van der Waals surface area contributed by atoms with Crippen LogP contribution in [0.1, 0.15) is 34.1 Å². The number of ether oxygens (including phenoxy) is 1. The molecule has 0 N–H and O–H groups in total. The molecule has 0 atom stereocenters. The lowest BCUT2D eigenvalue weighted by Gasteiger charge is -2.16. The fourth-order valence-corrected chi connectivity index (χ4v) is 1.20. The third kappa shape index (κ3) is 9.31. The summed E-state index contributed by atoms with van der Waals surface area (Å²) in [4.78, 5) is 18.2. The molecule has 0 aliphatic heterocycles. The van der Waals surface area contributed by atoms with Crippen molar-refractivity contribution in [2.45, 2.75) is 34.1 Å². The molecular formula is C14H28N2O2. The quantitative estimate of drug-likeness (QED) is 0.493. The van der Waals surface area contributed by atoms with E-state index in [1.54, 1.807) is 0 Å². The van der Waals surface area contributed by atoms with Gasteiger partial charge in [-0.2, -0.15) is 0 Å². The Morgan fingerprint density at radius 1 is 1.22 bits per heavy atom. The van der Waals surface area contributed by atoms with E-state index in [1.807, 2.05) is 41.8 Å². The van der Waals surface area contributed by atoms with Gasteiger partial charge in [0.25, 0.3) is 0 Å². The molecule has 0 rings (SSSR count). The van der Waals surface area contributed by atoms with Crippen LogP contribution in [0.4, 0.5) is 0 Å². The summed E-state index contributed by atoms with van der Waals surface area (Å²) in [6.45, 7) is 10.6. The summed E-state index contributed by atoms with van der Waals surface area (Å²) in [6.07, 6.45) is 0.446. The van der Waals surface area contributed by atoms with Crippen molar-refractivity contribution in [2.24, 2.45) is 10.4 Å². The molecule has 18 heavy (non-hydrogen) atoms. The zero-order valence-electron chi connectivity index (χ0n) is 12.7. The molecule has 0 aliphatic rings. The van der Waals surface area contributed by atoms with Crippen LogP contribution in [0.2, 0.25) is 0 Å². The standard InChI is InChI=1S/C14H28N2O2/c1-12(11-13(17)14(2,3)4)15-7-9-18-10-8-16(5)6/h7-11H2,1-6H3. The van der Waals surface area contributed by atoms with E-state index in [0.29, 0.717) is 19.6 Å². The van der Waals surface area contributed by atoms with E-state index in [-0.39, 0.29) is 11.2 Å². The Balaban J connectivity index is 3.75. The van der Waals surface area contributed by atoms with Gasteiger partial charge in [-0.1, -0.05) is 20.8 Å². The Morgan fingerprint density at radius 3 is 2.33 bits per heavy atom. The van der Waals surface area contributed by atoms with Crippen molar-refractivity contribution in [3.8, 4) is 0 Å². The number of rotatable bonds is 8. The number of hydrogen-bond donors (Lipinski definition) is 0. The Labute approximate surface area is 111 Å². The van der Waals surface area contributed by atoms with Crippen molar-refractivity contribution in [1.82, 2.24) is 4.90 Å². The molecule has 4 heteroatoms. The van der Waals surface area contributed by atoms with Gasteiger partial charge in [0.2, 0.25) is 0 Å². The zero-order valence-corrected chi connectivity index (χ0v) is 12.7. The topological polar surface area (TPSA) is 41.9 Å². The minimum Gasteiger partial charge on any atom is -0.378 e. The third-order valence-electron chi connectivity index (χ3n) is 2.55. The molecule has 0 saturated heterocycles. The minimum absolute atomic E-state index is 0.234. The smallest absolute Gasteiger partial charge is 0.143 e. The summed E-state index contributed by atoms with van der Waals surface area (Å²) in [5, 5.41) is 0. The predicted molar refractivity (Wildman–Crippen MR) is 76.4 cm³/mol. The van der Waals surface area contributed by atoms with Gasteiger partial charge in [0.1, 0.15) is 5.78 Å². The van der Waals surface area contributed by atoms with Crippen LogP contribution in [0.25, 0.3) is 0 Å². The van der Waals surface area contributed by atoms with Crippen molar-refractivity contribution in [2.75, 3.05) is 40.4 Å². The van der Waals surface area contributed by atoms with E-state index in [9.17, 15) is 4.79 Å². The van der Waals surface area contributed by atoms with Gasteiger partial charge in [-0.15, -0.1) is 0 Å². The molecule has 0 saturated carbocycles. The van der Waals surface area contributed by atoms with Gasteiger partial charge in [-0.05, 0) is 21.0 Å². The lowest BCUT2D eigenvalue weighted by molar-refractivity contribution is -0.125. The molecule has 4 nitrogen and oxygen atoms in total. The van der Waals surface area contributed by atoms with E-state index in [0.717, 1.165) is 18.9 Å². The second kappa shape index (κ2) is 8.38. The van der Waals surface area contributed by atoms with Gasteiger partial charge in [-0.3, -0.25) is 9.79 Å². The second-order valence-electron chi connectivity index (χ2n) is 5.88. The molecule has 0 aromatic carbocycles. The van der Waals surface area contributed by atoms with E-state index < -0.39 is 0 Å². The average molecular weight is 256 g/mol. The number of hydrogen-bond acceptors (Lipinski definition) is 4. The van der Waals surface area contributed by atoms with Gasteiger partial charge in [0.05, 0.1) is 19.8 Å². The summed E-state index contributed by atoms with van der Waals surface area (Å²) in [5.41, 5.74) is 0.616. The molecule has 0 aliphatic carbocycles. The van der Waals surface area contributed by atoms with Gasteiger partial charge in [0.15, 0.2) is 0 Å². The highest BCUT2D eigenvalue weighted by Gasteiger charge is 2.21. The molecule has 0 radical (unpaired) electrons. The van der Waals surface area contributed by atoms with Crippen molar-refractivity contribution in [1.29, 1.82) is 0 Å². The molecule has 0 unspecified atom stereocenters. The van der Waals surface area contributed by atoms with Crippen LogP contribution < -0.4 is 0 Å². The summed E-state index contributed by atoms with van der Waals surface area (Å²) >= 11 is 0. The molecule has 0 aromatic heterocycles.